The molecule has 0 fully saturated rings. The Morgan fingerprint density at radius 3 is 2.42 bits per heavy atom. The molecule has 3 aromatic rings. The molecule has 6 nitrogen and oxygen atoms in total. The molecule has 0 spiro atoms. The molecule has 0 aliphatic carbocycles. The summed E-state index contributed by atoms with van der Waals surface area (Å²) in [5, 5.41) is 23.7. The largest absolute Gasteiger partial charge is 0.504 e. The second-order valence-corrected chi connectivity index (χ2v) is 6.19. The van der Waals surface area contributed by atoms with E-state index < -0.39 is 11.5 Å². The Labute approximate surface area is 151 Å². The molecule has 9 heteroatoms. The van der Waals surface area contributed by atoms with Crippen LogP contribution in [0.15, 0.2) is 16.7 Å². The number of halogens is 3. The normalized spacial score (nSPS) is 11.0. The van der Waals surface area contributed by atoms with Gasteiger partial charge in [0, 0.05) is 5.56 Å². The van der Waals surface area contributed by atoms with Crippen LogP contribution in [0.3, 0.4) is 0 Å². The molecule has 0 saturated heterocycles. The summed E-state index contributed by atoms with van der Waals surface area (Å²) in [6.07, 6.45) is 0. The molecule has 0 saturated carbocycles. The first-order chi connectivity index (χ1) is 11.3. The predicted octanol–water partition coefficient (Wildman–Crippen LogP) is 4.79. The minimum absolute atomic E-state index is 0.0426. The summed E-state index contributed by atoms with van der Waals surface area (Å²) in [5.41, 5.74) is 2.07. The summed E-state index contributed by atoms with van der Waals surface area (Å²) in [7, 11) is 0. The van der Waals surface area contributed by atoms with Gasteiger partial charge in [0.05, 0.1) is 21.3 Å². The zero-order chi connectivity index (χ0) is 17.6. The molecular formula is C15H10Cl3N3O3. The quantitative estimate of drug-likeness (QED) is 0.486. The number of rotatable bonds is 2. The van der Waals surface area contributed by atoms with E-state index in [4.69, 9.17) is 39.3 Å². The first-order valence-corrected chi connectivity index (χ1v) is 7.81. The molecule has 124 valence electrons. The van der Waals surface area contributed by atoms with Gasteiger partial charge < -0.3 is 14.7 Å². The third-order valence-electron chi connectivity index (χ3n) is 3.43. The summed E-state index contributed by atoms with van der Waals surface area (Å²) >= 11 is 18.2. The van der Waals surface area contributed by atoms with Crippen LogP contribution in [0, 0.1) is 13.8 Å². The van der Waals surface area contributed by atoms with Crippen molar-refractivity contribution >= 4 is 34.8 Å². The van der Waals surface area contributed by atoms with Crippen molar-refractivity contribution in [3.63, 3.8) is 0 Å². The lowest BCUT2D eigenvalue weighted by molar-refractivity contribution is 0.403. The van der Waals surface area contributed by atoms with Gasteiger partial charge >= 0.3 is 0 Å². The zero-order valence-electron chi connectivity index (χ0n) is 12.4. The van der Waals surface area contributed by atoms with E-state index in [-0.39, 0.29) is 21.9 Å². The number of aryl methyl sites for hydroxylation is 1. The first kappa shape index (κ1) is 16.8. The fourth-order valence-corrected chi connectivity index (χ4v) is 2.90. The monoisotopic (exact) mass is 385 g/mol. The fourth-order valence-electron chi connectivity index (χ4n) is 2.20. The lowest BCUT2D eigenvalue weighted by Gasteiger charge is -2.07. The summed E-state index contributed by atoms with van der Waals surface area (Å²) in [6.45, 7) is 3.52. The lowest BCUT2D eigenvalue weighted by atomic mass is 10.1. The summed E-state index contributed by atoms with van der Waals surface area (Å²) in [5.74, 6) is -0.528. The second-order valence-electron chi connectivity index (χ2n) is 5.05. The van der Waals surface area contributed by atoms with Crippen molar-refractivity contribution in [2.45, 2.75) is 13.8 Å². The fraction of sp³-hybridized carbons (Fsp3) is 0.133. The number of hydrogen-bond donors (Lipinski definition) is 2. The molecule has 0 aliphatic rings. The molecule has 2 aromatic heterocycles. The Kier molecular flexibility index (Phi) is 4.29. The maximum atomic E-state index is 9.65. The van der Waals surface area contributed by atoms with E-state index in [0.717, 1.165) is 0 Å². The van der Waals surface area contributed by atoms with Gasteiger partial charge in [-0.25, -0.2) is 4.98 Å². The highest BCUT2D eigenvalue weighted by atomic mass is 35.5. The van der Waals surface area contributed by atoms with Crippen LogP contribution in [0.1, 0.15) is 11.3 Å². The number of aromatic hydroxyl groups is 2. The molecular weight excluding hydrogens is 377 g/mol. The predicted molar refractivity (Wildman–Crippen MR) is 90.8 cm³/mol. The molecule has 0 aliphatic heterocycles. The topological polar surface area (TPSA) is 92.3 Å². The summed E-state index contributed by atoms with van der Waals surface area (Å²) in [6, 6.07) is 2.65. The van der Waals surface area contributed by atoms with E-state index >= 15 is 0 Å². The third-order valence-corrected chi connectivity index (χ3v) is 4.55. The van der Waals surface area contributed by atoms with Crippen LogP contribution < -0.4 is 0 Å². The number of pyridine rings is 1. The van der Waals surface area contributed by atoms with E-state index in [9.17, 15) is 10.2 Å². The van der Waals surface area contributed by atoms with Crippen molar-refractivity contribution < 1.29 is 14.7 Å². The molecule has 0 bridgehead atoms. The SMILES string of the molecule is Cc1nc(Cl)c(-c2noc(-c3cc(O)c(O)c(Cl)c3)n2)c(C)c1Cl. The highest BCUT2D eigenvalue weighted by Gasteiger charge is 2.20. The van der Waals surface area contributed by atoms with Crippen molar-refractivity contribution in [3.05, 3.63) is 38.6 Å². The van der Waals surface area contributed by atoms with E-state index in [1.807, 2.05) is 0 Å². The Morgan fingerprint density at radius 2 is 1.75 bits per heavy atom. The summed E-state index contributed by atoms with van der Waals surface area (Å²) in [4.78, 5) is 8.39. The Balaban J connectivity index is 2.12. The molecule has 1 aromatic carbocycles. The number of aromatic nitrogens is 3. The summed E-state index contributed by atoms with van der Waals surface area (Å²) < 4.78 is 5.19. The van der Waals surface area contributed by atoms with Crippen molar-refractivity contribution in [2.75, 3.05) is 0 Å². The maximum Gasteiger partial charge on any atom is 0.258 e. The van der Waals surface area contributed by atoms with Crippen LogP contribution in [0.4, 0.5) is 0 Å². The van der Waals surface area contributed by atoms with Gasteiger partial charge in [-0.05, 0) is 31.5 Å². The van der Waals surface area contributed by atoms with Crippen molar-refractivity contribution in [1.82, 2.24) is 15.1 Å². The van der Waals surface area contributed by atoms with Gasteiger partial charge in [0.1, 0.15) is 5.15 Å². The van der Waals surface area contributed by atoms with Gasteiger partial charge in [-0.1, -0.05) is 40.0 Å². The Hall–Kier alpha value is -2.02. The van der Waals surface area contributed by atoms with Gasteiger partial charge in [-0.15, -0.1) is 0 Å². The van der Waals surface area contributed by atoms with E-state index in [0.29, 0.717) is 27.4 Å². The lowest BCUT2D eigenvalue weighted by Crippen LogP contribution is -1.95. The number of phenolic OH excluding ortho intramolecular Hbond substituents is 2. The van der Waals surface area contributed by atoms with Crippen molar-refractivity contribution in [2.24, 2.45) is 0 Å². The molecule has 0 radical (unpaired) electrons. The Bertz CT molecular complexity index is 934. The van der Waals surface area contributed by atoms with Crippen LogP contribution in [0.2, 0.25) is 15.2 Å². The first-order valence-electron chi connectivity index (χ1n) is 6.67. The van der Waals surface area contributed by atoms with Gasteiger partial charge in [0.15, 0.2) is 11.5 Å². The highest BCUT2D eigenvalue weighted by molar-refractivity contribution is 6.35. The van der Waals surface area contributed by atoms with Gasteiger partial charge in [-0.3, -0.25) is 0 Å². The van der Waals surface area contributed by atoms with Gasteiger partial charge in [0.25, 0.3) is 5.89 Å². The molecule has 0 amide bonds. The van der Waals surface area contributed by atoms with Crippen LogP contribution in [-0.2, 0) is 0 Å². The van der Waals surface area contributed by atoms with Gasteiger partial charge in [0.2, 0.25) is 5.82 Å². The van der Waals surface area contributed by atoms with Crippen LogP contribution in [0.25, 0.3) is 22.8 Å². The maximum absolute atomic E-state index is 9.65. The minimum atomic E-state index is -0.423. The minimum Gasteiger partial charge on any atom is -0.504 e. The molecule has 2 heterocycles. The van der Waals surface area contributed by atoms with Crippen LogP contribution in [0.5, 0.6) is 11.5 Å². The van der Waals surface area contributed by atoms with Crippen molar-refractivity contribution in [1.29, 1.82) is 0 Å². The van der Waals surface area contributed by atoms with E-state index in [1.165, 1.54) is 12.1 Å². The Morgan fingerprint density at radius 1 is 1.04 bits per heavy atom. The number of phenols is 2. The number of hydrogen-bond acceptors (Lipinski definition) is 6. The standard InChI is InChI=1S/C15H10Cl3N3O3/c1-5-10(13(18)19-6(2)11(5)17)14-20-15(24-21-14)7-3-8(16)12(23)9(22)4-7/h3-4,22-23H,1-2H3. The highest BCUT2D eigenvalue weighted by Crippen LogP contribution is 2.38. The molecule has 3 rings (SSSR count). The average molecular weight is 387 g/mol. The van der Waals surface area contributed by atoms with Gasteiger partial charge in [-0.2, -0.15) is 4.98 Å². The second kappa shape index (κ2) is 6.12. The smallest absolute Gasteiger partial charge is 0.258 e. The molecule has 24 heavy (non-hydrogen) atoms. The van der Waals surface area contributed by atoms with E-state index in [2.05, 4.69) is 15.1 Å². The molecule has 0 unspecified atom stereocenters. The number of benzene rings is 1. The third kappa shape index (κ3) is 2.77. The molecule has 2 N–H and O–H groups in total. The van der Waals surface area contributed by atoms with Crippen LogP contribution in [-0.4, -0.2) is 25.3 Å². The average Bonchev–Trinajstić information content (AvgIpc) is 2.99. The van der Waals surface area contributed by atoms with Crippen LogP contribution >= 0.6 is 34.8 Å². The van der Waals surface area contributed by atoms with Crippen molar-refractivity contribution in [3.8, 4) is 34.3 Å². The number of nitrogens with zero attached hydrogens (tertiary/aromatic N) is 3. The van der Waals surface area contributed by atoms with E-state index in [1.54, 1.807) is 13.8 Å². The zero-order valence-corrected chi connectivity index (χ0v) is 14.7. The molecule has 0 atom stereocenters.